The topological polar surface area (TPSA) is 20.2 Å². The van der Waals surface area contributed by atoms with E-state index in [2.05, 4.69) is 38.2 Å². The second-order valence-corrected chi connectivity index (χ2v) is 5.48. The van der Waals surface area contributed by atoms with Crippen LogP contribution in [0.4, 0.5) is 0 Å². The van der Waals surface area contributed by atoms with Crippen molar-refractivity contribution >= 4 is 0 Å². The number of aliphatic hydroxyl groups is 1. The molecule has 0 aromatic heterocycles. The van der Waals surface area contributed by atoms with Gasteiger partial charge >= 0.3 is 0 Å². The fourth-order valence-corrected chi connectivity index (χ4v) is 1.96. The highest BCUT2D eigenvalue weighted by atomic mass is 16.3. The van der Waals surface area contributed by atoms with Crippen LogP contribution in [-0.2, 0) is 0 Å². The van der Waals surface area contributed by atoms with Crippen molar-refractivity contribution in [3.05, 3.63) is 48.6 Å². The van der Waals surface area contributed by atoms with E-state index in [0.29, 0.717) is 0 Å². The van der Waals surface area contributed by atoms with Crippen molar-refractivity contribution in [3.63, 3.8) is 0 Å². The van der Waals surface area contributed by atoms with Crippen LogP contribution in [0.3, 0.4) is 0 Å². The Morgan fingerprint density at radius 3 is 2.19 bits per heavy atom. The zero-order valence-corrected chi connectivity index (χ0v) is 14.0. The SMILES string of the molecule is CCCCC/C=C\C\C=C/C=C/C=C/CC(O)CCCC. The number of hydrogen-bond donors (Lipinski definition) is 1. The van der Waals surface area contributed by atoms with E-state index in [-0.39, 0.29) is 6.10 Å². The summed E-state index contributed by atoms with van der Waals surface area (Å²) in [6, 6.07) is 0. The van der Waals surface area contributed by atoms with Crippen molar-refractivity contribution < 1.29 is 5.11 Å². The van der Waals surface area contributed by atoms with E-state index >= 15 is 0 Å². The summed E-state index contributed by atoms with van der Waals surface area (Å²) in [5, 5.41) is 9.66. The van der Waals surface area contributed by atoms with Gasteiger partial charge in [0.1, 0.15) is 0 Å². The molecule has 0 spiro atoms. The zero-order valence-electron chi connectivity index (χ0n) is 14.0. The van der Waals surface area contributed by atoms with E-state index in [1.807, 2.05) is 24.3 Å². The highest BCUT2D eigenvalue weighted by molar-refractivity contribution is 5.12. The number of allylic oxidation sites excluding steroid dienone is 7. The number of unbranched alkanes of at least 4 members (excludes halogenated alkanes) is 4. The minimum absolute atomic E-state index is 0.178. The molecule has 0 amide bonds. The molecule has 120 valence electrons. The Morgan fingerprint density at radius 1 is 0.762 bits per heavy atom. The normalized spacial score (nSPS) is 14.2. The first-order valence-corrected chi connectivity index (χ1v) is 8.62. The monoisotopic (exact) mass is 290 g/mol. The third-order valence-corrected chi connectivity index (χ3v) is 3.32. The fraction of sp³-hybridized carbons (Fsp3) is 0.600. The predicted molar refractivity (Wildman–Crippen MR) is 95.5 cm³/mol. The van der Waals surface area contributed by atoms with E-state index < -0.39 is 0 Å². The molecule has 0 aliphatic carbocycles. The number of hydrogen-bond acceptors (Lipinski definition) is 1. The average molecular weight is 290 g/mol. The van der Waals surface area contributed by atoms with Gasteiger partial charge in [-0.3, -0.25) is 0 Å². The molecule has 1 unspecified atom stereocenters. The standard InChI is InChI=1S/C20H34O/c1-3-5-7-8-9-10-11-12-13-14-15-16-17-19-20(21)18-6-4-2/h9-10,12-17,20-21H,3-8,11,18-19H2,1-2H3/b10-9-,13-12-,15-14+,17-16+. The first-order valence-electron chi connectivity index (χ1n) is 8.62. The molecule has 0 bridgehead atoms. The lowest BCUT2D eigenvalue weighted by atomic mass is 10.1. The van der Waals surface area contributed by atoms with Gasteiger partial charge in [-0.15, -0.1) is 0 Å². The molecule has 1 heteroatoms. The van der Waals surface area contributed by atoms with E-state index in [1.54, 1.807) is 0 Å². The molecule has 0 aliphatic rings. The minimum atomic E-state index is -0.178. The summed E-state index contributed by atoms with van der Waals surface area (Å²) in [7, 11) is 0. The molecule has 1 nitrogen and oxygen atoms in total. The molecular weight excluding hydrogens is 256 g/mol. The van der Waals surface area contributed by atoms with Gasteiger partial charge in [0.25, 0.3) is 0 Å². The second-order valence-electron chi connectivity index (χ2n) is 5.48. The molecule has 21 heavy (non-hydrogen) atoms. The van der Waals surface area contributed by atoms with Crippen molar-refractivity contribution in [2.45, 2.75) is 77.7 Å². The average Bonchev–Trinajstić information content (AvgIpc) is 2.49. The summed E-state index contributed by atoms with van der Waals surface area (Å²) in [6.07, 6.45) is 26.8. The lowest BCUT2D eigenvalue weighted by Crippen LogP contribution is -2.03. The molecule has 0 aromatic carbocycles. The van der Waals surface area contributed by atoms with Gasteiger partial charge in [0, 0.05) is 0 Å². The van der Waals surface area contributed by atoms with Crippen molar-refractivity contribution in [3.8, 4) is 0 Å². The van der Waals surface area contributed by atoms with Crippen LogP contribution in [0.25, 0.3) is 0 Å². The Hall–Kier alpha value is -1.08. The zero-order chi connectivity index (χ0) is 15.6. The van der Waals surface area contributed by atoms with Crippen LogP contribution in [0.1, 0.15) is 71.6 Å². The van der Waals surface area contributed by atoms with Crippen LogP contribution in [-0.4, -0.2) is 11.2 Å². The summed E-state index contributed by atoms with van der Waals surface area (Å²) in [6.45, 7) is 4.39. The Balaban J connectivity index is 3.55. The Morgan fingerprint density at radius 2 is 1.48 bits per heavy atom. The summed E-state index contributed by atoms with van der Waals surface area (Å²) >= 11 is 0. The van der Waals surface area contributed by atoms with Crippen LogP contribution < -0.4 is 0 Å². The number of aliphatic hydroxyl groups excluding tert-OH is 1. The third-order valence-electron chi connectivity index (χ3n) is 3.32. The lowest BCUT2D eigenvalue weighted by Gasteiger charge is -2.05. The van der Waals surface area contributed by atoms with Crippen molar-refractivity contribution in [2.75, 3.05) is 0 Å². The van der Waals surface area contributed by atoms with Crippen molar-refractivity contribution in [1.82, 2.24) is 0 Å². The van der Waals surface area contributed by atoms with Crippen LogP contribution in [0.15, 0.2) is 48.6 Å². The molecule has 1 N–H and O–H groups in total. The van der Waals surface area contributed by atoms with E-state index in [0.717, 1.165) is 32.1 Å². The molecule has 1 atom stereocenters. The quantitative estimate of drug-likeness (QED) is 0.246. The van der Waals surface area contributed by atoms with Gasteiger partial charge in [-0.1, -0.05) is 88.1 Å². The Bertz CT molecular complexity index is 310. The van der Waals surface area contributed by atoms with Gasteiger partial charge in [0.05, 0.1) is 6.10 Å². The summed E-state index contributed by atoms with van der Waals surface area (Å²) in [5.74, 6) is 0. The Kier molecular flexibility index (Phi) is 16.1. The van der Waals surface area contributed by atoms with E-state index in [4.69, 9.17) is 0 Å². The van der Waals surface area contributed by atoms with Gasteiger partial charge in [0.2, 0.25) is 0 Å². The molecule has 0 aliphatic heterocycles. The predicted octanol–water partition coefficient (Wildman–Crippen LogP) is 6.12. The maximum absolute atomic E-state index is 9.66. The van der Waals surface area contributed by atoms with Gasteiger partial charge in [-0.2, -0.15) is 0 Å². The fourth-order valence-electron chi connectivity index (χ4n) is 1.96. The molecule has 0 rings (SSSR count). The minimum Gasteiger partial charge on any atom is -0.393 e. The third kappa shape index (κ3) is 16.9. The van der Waals surface area contributed by atoms with Crippen molar-refractivity contribution in [2.24, 2.45) is 0 Å². The summed E-state index contributed by atoms with van der Waals surface area (Å²) in [4.78, 5) is 0. The van der Waals surface area contributed by atoms with Crippen LogP contribution >= 0.6 is 0 Å². The van der Waals surface area contributed by atoms with Gasteiger partial charge in [0.15, 0.2) is 0 Å². The number of rotatable bonds is 13. The second kappa shape index (κ2) is 17.0. The summed E-state index contributed by atoms with van der Waals surface area (Å²) < 4.78 is 0. The first-order chi connectivity index (χ1) is 10.3. The largest absolute Gasteiger partial charge is 0.393 e. The molecule has 0 radical (unpaired) electrons. The summed E-state index contributed by atoms with van der Waals surface area (Å²) in [5.41, 5.74) is 0. The Labute approximate surface area is 132 Å². The molecule has 0 saturated carbocycles. The highest BCUT2D eigenvalue weighted by Crippen LogP contribution is 2.04. The van der Waals surface area contributed by atoms with Crippen molar-refractivity contribution in [1.29, 1.82) is 0 Å². The van der Waals surface area contributed by atoms with Gasteiger partial charge in [-0.05, 0) is 32.1 Å². The maximum Gasteiger partial charge on any atom is 0.0574 e. The molecule has 0 aromatic rings. The molecular formula is C20H34O. The lowest BCUT2D eigenvalue weighted by molar-refractivity contribution is 0.164. The van der Waals surface area contributed by atoms with Gasteiger partial charge < -0.3 is 5.11 Å². The first kappa shape index (κ1) is 19.9. The molecule has 0 fully saturated rings. The maximum atomic E-state index is 9.66. The van der Waals surface area contributed by atoms with E-state index in [1.165, 1.54) is 25.7 Å². The molecule has 0 saturated heterocycles. The van der Waals surface area contributed by atoms with Crippen LogP contribution in [0.2, 0.25) is 0 Å². The molecule has 0 heterocycles. The van der Waals surface area contributed by atoms with Crippen LogP contribution in [0.5, 0.6) is 0 Å². The van der Waals surface area contributed by atoms with Gasteiger partial charge in [-0.25, -0.2) is 0 Å². The highest BCUT2D eigenvalue weighted by Gasteiger charge is 1.98. The smallest absolute Gasteiger partial charge is 0.0574 e. The van der Waals surface area contributed by atoms with Crippen LogP contribution in [0, 0.1) is 0 Å². The van der Waals surface area contributed by atoms with E-state index in [9.17, 15) is 5.11 Å².